The van der Waals surface area contributed by atoms with Crippen LogP contribution in [-0.4, -0.2) is 25.0 Å². The summed E-state index contributed by atoms with van der Waals surface area (Å²) < 4.78 is 2.01. The van der Waals surface area contributed by atoms with Crippen LogP contribution in [0, 0.1) is 6.92 Å². The van der Waals surface area contributed by atoms with Crippen LogP contribution < -0.4 is 5.32 Å². The molecule has 30 heavy (non-hydrogen) atoms. The summed E-state index contributed by atoms with van der Waals surface area (Å²) >= 11 is 7.86. The molecule has 4 aromatic rings. The molecule has 2 aromatic heterocycles. The van der Waals surface area contributed by atoms with Gasteiger partial charge in [-0.05, 0) is 37.6 Å². The molecule has 0 atom stereocenters. The van der Waals surface area contributed by atoms with E-state index in [1.54, 1.807) is 11.8 Å². The summed E-state index contributed by atoms with van der Waals surface area (Å²) in [5.74, 6) is 1.98. The molecule has 0 aliphatic rings. The van der Waals surface area contributed by atoms with Crippen molar-refractivity contribution in [2.45, 2.75) is 31.3 Å². The van der Waals surface area contributed by atoms with Crippen molar-refractivity contribution in [2.24, 2.45) is 0 Å². The maximum absolute atomic E-state index is 6.26. The summed E-state index contributed by atoms with van der Waals surface area (Å²) in [7, 11) is 0. The maximum Gasteiger partial charge on any atom is 0.230 e. The van der Waals surface area contributed by atoms with Crippen LogP contribution >= 0.6 is 23.4 Å². The third kappa shape index (κ3) is 4.63. The van der Waals surface area contributed by atoms with E-state index < -0.39 is 0 Å². The maximum atomic E-state index is 6.26. The minimum absolute atomic E-state index is 0.621. The number of nitrogens with one attached hydrogen (secondary N) is 1. The predicted molar refractivity (Wildman–Crippen MR) is 122 cm³/mol. The average Bonchev–Trinajstić information content (AvgIpc) is 3.15. The smallest absolute Gasteiger partial charge is 0.230 e. The van der Waals surface area contributed by atoms with Gasteiger partial charge in [0.15, 0.2) is 11.0 Å². The summed E-state index contributed by atoms with van der Waals surface area (Å²) in [5, 5.41) is 22.0. The number of nitrogens with zero attached hydrogens (tertiary/aromatic N) is 5. The van der Waals surface area contributed by atoms with Crippen molar-refractivity contribution in [2.75, 3.05) is 5.32 Å². The lowest BCUT2D eigenvalue weighted by Crippen LogP contribution is -2.05. The van der Waals surface area contributed by atoms with E-state index in [0.29, 0.717) is 11.8 Å². The number of benzene rings is 2. The molecule has 0 saturated heterocycles. The summed E-state index contributed by atoms with van der Waals surface area (Å²) in [5.41, 5.74) is 4.15. The molecule has 0 aliphatic carbocycles. The largest absolute Gasteiger partial charge is 0.307 e. The zero-order valence-corrected chi connectivity index (χ0v) is 18.3. The monoisotopic (exact) mass is 436 g/mol. The van der Waals surface area contributed by atoms with Gasteiger partial charge in [0.05, 0.1) is 5.69 Å². The first-order chi connectivity index (χ1) is 14.6. The van der Waals surface area contributed by atoms with Gasteiger partial charge in [-0.2, -0.15) is 0 Å². The van der Waals surface area contributed by atoms with Gasteiger partial charge in [-0.1, -0.05) is 71.4 Å². The first-order valence-electron chi connectivity index (χ1n) is 9.61. The third-order valence-electron chi connectivity index (χ3n) is 4.60. The molecule has 8 heteroatoms. The van der Waals surface area contributed by atoms with E-state index in [1.807, 2.05) is 53.1 Å². The van der Waals surface area contributed by atoms with E-state index in [9.17, 15) is 0 Å². The van der Waals surface area contributed by atoms with Gasteiger partial charge in [0.1, 0.15) is 0 Å². The van der Waals surface area contributed by atoms with E-state index in [4.69, 9.17) is 11.6 Å². The molecule has 2 aromatic carbocycles. The van der Waals surface area contributed by atoms with Crippen molar-refractivity contribution >= 4 is 35.1 Å². The molecule has 0 unspecified atom stereocenters. The molecular formula is C22H21ClN6S. The second-order valence-electron chi connectivity index (χ2n) is 6.73. The fourth-order valence-electron chi connectivity index (χ4n) is 2.92. The lowest BCUT2D eigenvalue weighted by Gasteiger charge is -2.09. The van der Waals surface area contributed by atoms with E-state index in [-0.39, 0.29) is 0 Å². The lowest BCUT2D eigenvalue weighted by molar-refractivity contribution is 0.687. The first kappa shape index (κ1) is 20.4. The Hall–Kier alpha value is -2.90. The summed E-state index contributed by atoms with van der Waals surface area (Å²) in [6.07, 6.45) is 0. The van der Waals surface area contributed by atoms with Crippen LogP contribution in [0.3, 0.4) is 0 Å². The summed E-state index contributed by atoms with van der Waals surface area (Å²) in [4.78, 5) is 0. The van der Waals surface area contributed by atoms with Crippen LogP contribution in [0.2, 0.25) is 5.02 Å². The summed E-state index contributed by atoms with van der Waals surface area (Å²) in [6.45, 7) is 4.85. The van der Waals surface area contributed by atoms with Crippen LogP contribution in [0.1, 0.15) is 18.1 Å². The van der Waals surface area contributed by atoms with Crippen molar-refractivity contribution in [3.8, 4) is 11.3 Å². The second kappa shape index (κ2) is 9.28. The zero-order valence-electron chi connectivity index (χ0n) is 16.7. The van der Waals surface area contributed by atoms with E-state index in [2.05, 4.69) is 51.7 Å². The molecule has 0 bridgehead atoms. The Morgan fingerprint density at radius 1 is 0.933 bits per heavy atom. The quantitative estimate of drug-likeness (QED) is 0.372. The minimum atomic E-state index is 0.621. The van der Waals surface area contributed by atoms with E-state index >= 15 is 0 Å². The highest BCUT2D eigenvalue weighted by molar-refractivity contribution is 7.98. The Balaban J connectivity index is 1.47. The highest BCUT2D eigenvalue weighted by Gasteiger charge is 2.13. The molecule has 2 heterocycles. The third-order valence-corrected chi connectivity index (χ3v) is 5.98. The van der Waals surface area contributed by atoms with Crippen LogP contribution in [-0.2, 0) is 12.3 Å². The Bertz CT molecular complexity index is 1130. The molecule has 0 amide bonds. The predicted octanol–water partition coefficient (Wildman–Crippen LogP) is 5.75. The normalized spacial score (nSPS) is 10.9. The number of halogens is 1. The van der Waals surface area contributed by atoms with Crippen molar-refractivity contribution < 1.29 is 0 Å². The molecule has 0 radical (unpaired) electrons. The van der Waals surface area contributed by atoms with Gasteiger partial charge in [-0.3, -0.25) is 4.57 Å². The molecule has 0 spiro atoms. The van der Waals surface area contributed by atoms with Gasteiger partial charge < -0.3 is 5.32 Å². The number of thioether (sulfide) groups is 1. The molecule has 0 aliphatic heterocycles. The van der Waals surface area contributed by atoms with Crippen LogP contribution in [0.15, 0.2) is 65.8 Å². The van der Waals surface area contributed by atoms with E-state index in [1.165, 1.54) is 5.56 Å². The highest BCUT2D eigenvalue weighted by atomic mass is 35.5. The van der Waals surface area contributed by atoms with Gasteiger partial charge in [0.25, 0.3) is 0 Å². The minimum Gasteiger partial charge on any atom is -0.307 e. The lowest BCUT2D eigenvalue weighted by atomic mass is 10.1. The summed E-state index contributed by atoms with van der Waals surface area (Å²) in [6, 6.07) is 19.9. The van der Waals surface area contributed by atoms with Crippen molar-refractivity contribution in [3.63, 3.8) is 0 Å². The zero-order chi connectivity index (χ0) is 20.9. The standard InChI is InChI=1S/C22H21ClN6S/c1-3-29-21(27-28-22(29)30-14-17-6-4-5-7-18(17)23)24-20-13-12-19(25-26-20)16-10-8-15(2)9-11-16/h4-13H,3,14H2,1-2H3,(H,24,26,27). The van der Waals surface area contributed by atoms with E-state index in [0.717, 1.165) is 39.3 Å². The Morgan fingerprint density at radius 2 is 1.73 bits per heavy atom. The second-order valence-corrected chi connectivity index (χ2v) is 8.08. The number of aryl methyl sites for hydroxylation is 1. The molecule has 0 saturated carbocycles. The number of hydrogen-bond acceptors (Lipinski definition) is 6. The Kier molecular flexibility index (Phi) is 6.30. The molecule has 0 fully saturated rings. The van der Waals surface area contributed by atoms with Crippen LogP contribution in [0.5, 0.6) is 0 Å². The highest BCUT2D eigenvalue weighted by Crippen LogP contribution is 2.27. The molecule has 1 N–H and O–H groups in total. The fourth-order valence-corrected chi connectivity index (χ4v) is 4.21. The Morgan fingerprint density at radius 3 is 2.43 bits per heavy atom. The number of aromatic nitrogens is 5. The molecule has 6 nitrogen and oxygen atoms in total. The van der Waals surface area contributed by atoms with Gasteiger partial charge in [-0.15, -0.1) is 20.4 Å². The van der Waals surface area contributed by atoms with Crippen molar-refractivity contribution in [3.05, 3.63) is 76.8 Å². The molecular weight excluding hydrogens is 416 g/mol. The molecule has 152 valence electrons. The fraction of sp³-hybridized carbons (Fsp3) is 0.182. The number of hydrogen-bond donors (Lipinski definition) is 1. The average molecular weight is 437 g/mol. The van der Waals surface area contributed by atoms with Crippen molar-refractivity contribution in [1.82, 2.24) is 25.0 Å². The van der Waals surface area contributed by atoms with Gasteiger partial charge in [0.2, 0.25) is 5.95 Å². The van der Waals surface area contributed by atoms with Crippen LogP contribution in [0.4, 0.5) is 11.8 Å². The first-order valence-corrected chi connectivity index (χ1v) is 11.0. The SMILES string of the molecule is CCn1c(Nc2ccc(-c3ccc(C)cc3)nn2)nnc1SCc1ccccc1Cl. The van der Waals surface area contributed by atoms with Gasteiger partial charge in [0, 0.05) is 22.9 Å². The van der Waals surface area contributed by atoms with Gasteiger partial charge in [-0.25, -0.2) is 0 Å². The van der Waals surface area contributed by atoms with Gasteiger partial charge >= 0.3 is 0 Å². The number of rotatable bonds is 7. The van der Waals surface area contributed by atoms with Crippen molar-refractivity contribution in [1.29, 1.82) is 0 Å². The van der Waals surface area contributed by atoms with Crippen LogP contribution in [0.25, 0.3) is 11.3 Å². The number of anilines is 2. The topological polar surface area (TPSA) is 68.5 Å². The molecule has 4 rings (SSSR count). The Labute approximate surface area is 184 Å².